The van der Waals surface area contributed by atoms with E-state index in [9.17, 15) is 9.59 Å². The van der Waals surface area contributed by atoms with Crippen molar-refractivity contribution in [3.8, 4) is 0 Å². The average molecular weight is 395 g/mol. The van der Waals surface area contributed by atoms with Crippen LogP contribution in [0, 0.1) is 0 Å². The largest absolute Gasteiger partial charge is 0.329 e. The lowest BCUT2D eigenvalue weighted by atomic mass is 10.1. The molecule has 0 heterocycles. The van der Waals surface area contributed by atoms with Crippen molar-refractivity contribution < 1.29 is 9.59 Å². The summed E-state index contributed by atoms with van der Waals surface area (Å²) in [5, 5.41) is 6.69. The van der Waals surface area contributed by atoms with Gasteiger partial charge in [-0.3, -0.25) is 9.59 Å². The van der Waals surface area contributed by atoms with Crippen LogP contribution < -0.4 is 10.7 Å². The minimum atomic E-state index is -0.874. The van der Waals surface area contributed by atoms with Gasteiger partial charge < -0.3 is 5.32 Å². The SMILES string of the molecule is CC(=NNC(=O)C(=O)Nc1ccccc1Cl)c1ccc(Br)cc1. The fourth-order valence-corrected chi connectivity index (χ4v) is 2.13. The number of para-hydroxylation sites is 1. The molecule has 7 heteroatoms. The Morgan fingerprint density at radius 3 is 2.35 bits per heavy atom. The number of carbonyl (C=O) groups is 2. The topological polar surface area (TPSA) is 70.6 Å². The van der Waals surface area contributed by atoms with E-state index in [4.69, 9.17) is 11.6 Å². The number of hydrogen-bond acceptors (Lipinski definition) is 3. The van der Waals surface area contributed by atoms with Crippen LogP contribution >= 0.6 is 27.5 Å². The van der Waals surface area contributed by atoms with Gasteiger partial charge in [0.25, 0.3) is 0 Å². The number of amides is 2. The second-order valence-corrected chi connectivity index (χ2v) is 5.90. The first-order valence-corrected chi connectivity index (χ1v) is 7.80. The van der Waals surface area contributed by atoms with Crippen molar-refractivity contribution >= 4 is 50.7 Å². The highest BCUT2D eigenvalue weighted by Crippen LogP contribution is 2.20. The Morgan fingerprint density at radius 2 is 1.70 bits per heavy atom. The first-order chi connectivity index (χ1) is 11.0. The Labute approximate surface area is 146 Å². The maximum Gasteiger partial charge on any atom is 0.329 e. The molecule has 2 aromatic rings. The molecular weight excluding hydrogens is 382 g/mol. The van der Waals surface area contributed by atoms with Gasteiger partial charge in [0, 0.05) is 4.47 Å². The summed E-state index contributed by atoms with van der Waals surface area (Å²) in [6, 6.07) is 14.1. The number of rotatable bonds is 3. The predicted molar refractivity (Wildman–Crippen MR) is 94.6 cm³/mol. The van der Waals surface area contributed by atoms with Crippen LogP contribution in [0.3, 0.4) is 0 Å². The second kappa shape index (κ2) is 7.89. The van der Waals surface area contributed by atoms with Gasteiger partial charge in [-0.1, -0.05) is 51.8 Å². The summed E-state index contributed by atoms with van der Waals surface area (Å²) in [6.07, 6.45) is 0. The van der Waals surface area contributed by atoms with Crippen molar-refractivity contribution in [3.63, 3.8) is 0 Å². The molecule has 0 bridgehead atoms. The highest BCUT2D eigenvalue weighted by atomic mass is 79.9. The van der Waals surface area contributed by atoms with Crippen LogP contribution in [0.1, 0.15) is 12.5 Å². The number of benzene rings is 2. The van der Waals surface area contributed by atoms with Crippen LogP contribution in [-0.2, 0) is 9.59 Å². The average Bonchev–Trinajstić information content (AvgIpc) is 2.55. The summed E-state index contributed by atoms with van der Waals surface area (Å²) in [5.41, 5.74) is 3.99. The molecule has 0 unspecified atom stereocenters. The van der Waals surface area contributed by atoms with Gasteiger partial charge in [-0.15, -0.1) is 0 Å². The molecule has 0 saturated carbocycles. The van der Waals surface area contributed by atoms with Gasteiger partial charge in [-0.05, 0) is 36.8 Å². The van der Waals surface area contributed by atoms with Gasteiger partial charge in [0.2, 0.25) is 0 Å². The summed E-state index contributed by atoms with van der Waals surface area (Å²) < 4.78 is 0.942. The number of anilines is 1. The van der Waals surface area contributed by atoms with E-state index in [2.05, 4.69) is 31.8 Å². The molecule has 23 heavy (non-hydrogen) atoms. The predicted octanol–water partition coefficient (Wildman–Crippen LogP) is 3.58. The third-order valence-corrected chi connectivity index (χ3v) is 3.77. The molecule has 2 amide bonds. The van der Waals surface area contributed by atoms with Crippen molar-refractivity contribution in [1.82, 2.24) is 5.43 Å². The lowest BCUT2D eigenvalue weighted by Gasteiger charge is -2.06. The smallest absolute Gasteiger partial charge is 0.316 e. The van der Waals surface area contributed by atoms with E-state index in [0.717, 1.165) is 10.0 Å². The van der Waals surface area contributed by atoms with Crippen LogP contribution in [0.2, 0.25) is 5.02 Å². The van der Waals surface area contributed by atoms with Crippen LogP contribution in [0.25, 0.3) is 0 Å². The van der Waals surface area contributed by atoms with E-state index < -0.39 is 11.8 Å². The number of carbonyl (C=O) groups excluding carboxylic acids is 2. The molecule has 0 atom stereocenters. The van der Waals surface area contributed by atoms with Crippen LogP contribution in [0.15, 0.2) is 58.1 Å². The normalized spacial score (nSPS) is 11.0. The van der Waals surface area contributed by atoms with Crippen molar-refractivity contribution in [1.29, 1.82) is 0 Å². The molecule has 2 rings (SSSR count). The van der Waals surface area contributed by atoms with E-state index in [0.29, 0.717) is 16.4 Å². The molecule has 2 N–H and O–H groups in total. The molecule has 0 aliphatic heterocycles. The third kappa shape index (κ3) is 4.91. The quantitative estimate of drug-likeness (QED) is 0.474. The molecule has 0 aromatic heterocycles. The number of hydrogen-bond donors (Lipinski definition) is 2. The summed E-state index contributed by atoms with van der Waals surface area (Å²) >= 11 is 9.26. The van der Waals surface area contributed by atoms with Gasteiger partial charge in [-0.2, -0.15) is 5.10 Å². The Morgan fingerprint density at radius 1 is 1.04 bits per heavy atom. The van der Waals surface area contributed by atoms with Crippen LogP contribution in [-0.4, -0.2) is 17.5 Å². The lowest BCUT2D eigenvalue weighted by molar-refractivity contribution is -0.136. The van der Waals surface area contributed by atoms with Crippen LogP contribution in [0.5, 0.6) is 0 Å². The molecule has 0 fully saturated rings. The standard InChI is InChI=1S/C16H13BrClN3O2/c1-10(11-6-8-12(17)9-7-11)20-21-16(23)15(22)19-14-5-3-2-4-13(14)18/h2-9H,1H3,(H,19,22)(H,21,23). The highest BCUT2D eigenvalue weighted by Gasteiger charge is 2.14. The molecule has 2 aromatic carbocycles. The fraction of sp³-hybridized carbons (Fsp3) is 0.0625. The highest BCUT2D eigenvalue weighted by molar-refractivity contribution is 9.10. The van der Waals surface area contributed by atoms with E-state index in [1.807, 2.05) is 24.3 Å². The molecule has 0 saturated heterocycles. The summed E-state index contributed by atoms with van der Waals surface area (Å²) in [6.45, 7) is 1.73. The maximum atomic E-state index is 11.8. The molecule has 0 aliphatic carbocycles. The zero-order chi connectivity index (χ0) is 16.8. The van der Waals surface area contributed by atoms with Gasteiger partial charge in [0.1, 0.15) is 0 Å². The Bertz CT molecular complexity index is 760. The molecule has 0 radical (unpaired) electrons. The lowest BCUT2D eigenvalue weighted by Crippen LogP contribution is -2.33. The summed E-state index contributed by atoms with van der Waals surface area (Å²) in [5.74, 6) is -1.72. The van der Waals surface area contributed by atoms with Crippen molar-refractivity contribution in [3.05, 3.63) is 63.6 Å². The zero-order valence-corrected chi connectivity index (χ0v) is 14.5. The monoisotopic (exact) mass is 393 g/mol. The molecule has 0 aliphatic rings. The van der Waals surface area contributed by atoms with Crippen molar-refractivity contribution in [2.24, 2.45) is 5.10 Å². The molecule has 118 valence electrons. The maximum absolute atomic E-state index is 11.8. The number of nitrogens with zero attached hydrogens (tertiary/aromatic N) is 1. The molecular formula is C16H13BrClN3O2. The van der Waals surface area contributed by atoms with Gasteiger partial charge in [-0.25, -0.2) is 5.43 Å². The molecule has 5 nitrogen and oxygen atoms in total. The first-order valence-electron chi connectivity index (χ1n) is 6.63. The van der Waals surface area contributed by atoms with Crippen LogP contribution in [0.4, 0.5) is 5.69 Å². The Kier molecular flexibility index (Phi) is 5.90. The second-order valence-electron chi connectivity index (χ2n) is 4.58. The van der Waals surface area contributed by atoms with Crippen molar-refractivity contribution in [2.45, 2.75) is 6.92 Å². The number of nitrogens with one attached hydrogen (secondary N) is 2. The summed E-state index contributed by atoms with van der Waals surface area (Å²) in [4.78, 5) is 23.6. The zero-order valence-electron chi connectivity index (χ0n) is 12.1. The van der Waals surface area contributed by atoms with E-state index >= 15 is 0 Å². The number of halogens is 2. The number of hydrazone groups is 1. The fourth-order valence-electron chi connectivity index (χ4n) is 1.68. The van der Waals surface area contributed by atoms with E-state index in [1.54, 1.807) is 31.2 Å². The summed E-state index contributed by atoms with van der Waals surface area (Å²) in [7, 11) is 0. The van der Waals surface area contributed by atoms with Gasteiger partial charge in [0.15, 0.2) is 0 Å². The van der Waals surface area contributed by atoms with E-state index in [1.165, 1.54) is 0 Å². The van der Waals surface area contributed by atoms with Crippen molar-refractivity contribution in [2.75, 3.05) is 5.32 Å². The van der Waals surface area contributed by atoms with E-state index in [-0.39, 0.29) is 0 Å². The Hall–Kier alpha value is -2.18. The minimum absolute atomic E-state index is 0.350. The Balaban J connectivity index is 1.98. The third-order valence-electron chi connectivity index (χ3n) is 2.92. The molecule has 0 spiro atoms. The van der Waals surface area contributed by atoms with Gasteiger partial charge >= 0.3 is 11.8 Å². The van der Waals surface area contributed by atoms with Gasteiger partial charge in [0.05, 0.1) is 16.4 Å². The minimum Gasteiger partial charge on any atom is -0.316 e. The first kappa shape index (κ1) is 17.2.